The van der Waals surface area contributed by atoms with Gasteiger partial charge in [0, 0.05) is 18.4 Å². The molecule has 0 saturated carbocycles. The standard InChI is InChI=1S/C16H20Br2O3/c1-3-14(16(17)18)12-6-8-13(9-7-12)20-10-5-11-21-15(19)4-2/h4,6-9,14,16H,2-3,5,10-11H2,1H3. The Labute approximate surface area is 143 Å². The van der Waals surface area contributed by atoms with E-state index in [9.17, 15) is 4.79 Å². The third-order valence-corrected chi connectivity index (χ3v) is 4.30. The minimum atomic E-state index is -0.399. The molecule has 0 aliphatic carbocycles. The van der Waals surface area contributed by atoms with Gasteiger partial charge in [-0.15, -0.1) is 0 Å². The van der Waals surface area contributed by atoms with Crippen molar-refractivity contribution in [1.82, 2.24) is 0 Å². The Hall–Kier alpha value is -0.810. The summed E-state index contributed by atoms with van der Waals surface area (Å²) >= 11 is 7.14. The average Bonchev–Trinajstić information content (AvgIpc) is 2.48. The van der Waals surface area contributed by atoms with E-state index in [2.05, 4.69) is 57.5 Å². The molecule has 1 aromatic carbocycles. The largest absolute Gasteiger partial charge is 0.493 e. The molecule has 1 rings (SSSR count). The Bertz CT molecular complexity index is 443. The number of benzene rings is 1. The van der Waals surface area contributed by atoms with E-state index in [1.807, 2.05) is 12.1 Å². The maximum atomic E-state index is 10.8. The first kappa shape index (κ1) is 18.2. The first-order valence-electron chi connectivity index (χ1n) is 6.88. The predicted molar refractivity (Wildman–Crippen MR) is 92.4 cm³/mol. The second-order valence-electron chi connectivity index (χ2n) is 4.49. The normalized spacial score (nSPS) is 12.0. The molecule has 0 aliphatic rings. The van der Waals surface area contributed by atoms with Crippen LogP contribution >= 0.6 is 31.9 Å². The summed E-state index contributed by atoms with van der Waals surface area (Å²) in [4.78, 5) is 10.8. The summed E-state index contributed by atoms with van der Waals surface area (Å²) in [6.07, 6.45) is 2.87. The monoisotopic (exact) mass is 418 g/mol. The number of carbonyl (C=O) groups excluding carboxylic acids is 1. The lowest BCUT2D eigenvalue weighted by molar-refractivity contribution is -0.137. The van der Waals surface area contributed by atoms with Gasteiger partial charge in [-0.2, -0.15) is 0 Å². The SMILES string of the molecule is C=CC(=O)OCCCOc1ccc(C(CC)C(Br)Br)cc1. The van der Waals surface area contributed by atoms with Crippen molar-refractivity contribution in [2.45, 2.75) is 29.4 Å². The zero-order valence-electron chi connectivity index (χ0n) is 12.1. The Balaban J connectivity index is 2.37. The summed E-state index contributed by atoms with van der Waals surface area (Å²) in [5.41, 5.74) is 1.27. The highest BCUT2D eigenvalue weighted by molar-refractivity contribution is 9.24. The van der Waals surface area contributed by atoms with Crippen LogP contribution in [0.2, 0.25) is 0 Å². The van der Waals surface area contributed by atoms with Crippen molar-refractivity contribution in [3.63, 3.8) is 0 Å². The van der Waals surface area contributed by atoms with E-state index < -0.39 is 5.97 Å². The van der Waals surface area contributed by atoms with Crippen molar-refractivity contribution >= 4 is 37.8 Å². The van der Waals surface area contributed by atoms with Crippen molar-refractivity contribution in [3.8, 4) is 5.75 Å². The molecule has 0 fully saturated rings. The lowest BCUT2D eigenvalue weighted by Crippen LogP contribution is -2.07. The number of rotatable bonds is 9. The molecular formula is C16H20Br2O3. The van der Waals surface area contributed by atoms with Gasteiger partial charge in [0.2, 0.25) is 0 Å². The van der Waals surface area contributed by atoms with E-state index in [-0.39, 0.29) is 3.74 Å². The van der Waals surface area contributed by atoms with E-state index in [4.69, 9.17) is 9.47 Å². The fraction of sp³-hybridized carbons (Fsp3) is 0.438. The molecular weight excluding hydrogens is 400 g/mol. The van der Waals surface area contributed by atoms with Crippen LogP contribution in [0.4, 0.5) is 0 Å². The Morgan fingerprint density at radius 3 is 2.48 bits per heavy atom. The quantitative estimate of drug-likeness (QED) is 0.249. The number of carbonyl (C=O) groups is 1. The molecule has 0 bridgehead atoms. The third kappa shape index (κ3) is 6.66. The van der Waals surface area contributed by atoms with Gasteiger partial charge in [0.15, 0.2) is 0 Å². The zero-order valence-corrected chi connectivity index (χ0v) is 15.2. The number of esters is 1. The van der Waals surface area contributed by atoms with Gasteiger partial charge in [-0.1, -0.05) is 57.5 Å². The lowest BCUT2D eigenvalue weighted by Gasteiger charge is -2.17. The highest BCUT2D eigenvalue weighted by atomic mass is 79.9. The minimum absolute atomic E-state index is 0.265. The molecule has 21 heavy (non-hydrogen) atoms. The van der Waals surface area contributed by atoms with Crippen LogP contribution in [0.25, 0.3) is 0 Å². The second kappa shape index (κ2) is 10.0. The molecule has 116 valence electrons. The topological polar surface area (TPSA) is 35.5 Å². The van der Waals surface area contributed by atoms with Crippen LogP contribution in [0.3, 0.4) is 0 Å². The lowest BCUT2D eigenvalue weighted by atomic mass is 9.99. The van der Waals surface area contributed by atoms with Crippen LogP contribution in [0.5, 0.6) is 5.75 Å². The van der Waals surface area contributed by atoms with Crippen LogP contribution in [0.15, 0.2) is 36.9 Å². The van der Waals surface area contributed by atoms with Crippen molar-refractivity contribution in [2.24, 2.45) is 0 Å². The second-order valence-corrected chi connectivity index (χ2v) is 7.69. The Morgan fingerprint density at radius 2 is 1.95 bits per heavy atom. The van der Waals surface area contributed by atoms with Crippen molar-refractivity contribution < 1.29 is 14.3 Å². The summed E-state index contributed by atoms with van der Waals surface area (Å²) in [6, 6.07) is 8.10. The Morgan fingerprint density at radius 1 is 1.29 bits per heavy atom. The molecule has 0 aliphatic heterocycles. The van der Waals surface area contributed by atoms with Crippen molar-refractivity contribution in [2.75, 3.05) is 13.2 Å². The summed E-state index contributed by atoms with van der Waals surface area (Å²) < 4.78 is 10.7. The number of hydrogen-bond donors (Lipinski definition) is 0. The van der Waals surface area contributed by atoms with Gasteiger partial charge in [0.1, 0.15) is 5.75 Å². The van der Waals surface area contributed by atoms with Gasteiger partial charge in [-0.05, 0) is 24.1 Å². The molecule has 0 N–H and O–H groups in total. The fourth-order valence-electron chi connectivity index (χ4n) is 1.85. The maximum absolute atomic E-state index is 10.8. The zero-order chi connectivity index (χ0) is 15.7. The molecule has 0 heterocycles. The number of alkyl halides is 2. The van der Waals surface area contributed by atoms with E-state index >= 15 is 0 Å². The number of halogens is 2. The molecule has 5 heteroatoms. The van der Waals surface area contributed by atoms with Crippen LogP contribution in [0, 0.1) is 0 Å². The number of ether oxygens (including phenoxy) is 2. The van der Waals surface area contributed by atoms with E-state index in [1.165, 1.54) is 5.56 Å². The van der Waals surface area contributed by atoms with E-state index in [1.54, 1.807) is 0 Å². The third-order valence-electron chi connectivity index (χ3n) is 3.02. The van der Waals surface area contributed by atoms with E-state index in [0.717, 1.165) is 18.2 Å². The predicted octanol–water partition coefficient (Wildman–Crippen LogP) is 4.79. The molecule has 0 amide bonds. The summed E-state index contributed by atoms with van der Waals surface area (Å²) in [7, 11) is 0. The first-order chi connectivity index (χ1) is 10.1. The molecule has 0 saturated heterocycles. The van der Waals surface area contributed by atoms with Gasteiger partial charge < -0.3 is 9.47 Å². The van der Waals surface area contributed by atoms with Crippen molar-refractivity contribution in [1.29, 1.82) is 0 Å². The highest BCUT2D eigenvalue weighted by Crippen LogP contribution is 2.32. The summed E-state index contributed by atoms with van der Waals surface area (Å²) in [5.74, 6) is 0.853. The minimum Gasteiger partial charge on any atom is -0.493 e. The van der Waals surface area contributed by atoms with Gasteiger partial charge >= 0.3 is 5.97 Å². The fourth-order valence-corrected chi connectivity index (χ4v) is 3.21. The molecule has 1 unspecified atom stereocenters. The highest BCUT2D eigenvalue weighted by Gasteiger charge is 2.16. The van der Waals surface area contributed by atoms with Gasteiger partial charge in [0.25, 0.3) is 0 Å². The average molecular weight is 420 g/mol. The molecule has 1 atom stereocenters. The molecule has 3 nitrogen and oxygen atoms in total. The Kier molecular flexibility index (Phi) is 8.69. The molecule has 0 aromatic heterocycles. The van der Waals surface area contributed by atoms with Gasteiger partial charge in [-0.25, -0.2) is 4.79 Å². The smallest absolute Gasteiger partial charge is 0.330 e. The number of hydrogen-bond acceptors (Lipinski definition) is 3. The first-order valence-corrected chi connectivity index (χ1v) is 8.71. The van der Waals surface area contributed by atoms with Crippen LogP contribution in [-0.2, 0) is 9.53 Å². The van der Waals surface area contributed by atoms with E-state index in [0.29, 0.717) is 25.6 Å². The molecule has 1 aromatic rings. The summed E-state index contributed by atoms with van der Waals surface area (Å²) in [5, 5.41) is 0. The van der Waals surface area contributed by atoms with Gasteiger partial charge in [-0.3, -0.25) is 0 Å². The van der Waals surface area contributed by atoms with Crippen LogP contribution in [-0.4, -0.2) is 22.9 Å². The van der Waals surface area contributed by atoms with Crippen molar-refractivity contribution in [3.05, 3.63) is 42.5 Å². The molecule has 0 radical (unpaired) electrons. The van der Waals surface area contributed by atoms with Gasteiger partial charge in [0.05, 0.1) is 17.0 Å². The maximum Gasteiger partial charge on any atom is 0.330 e. The van der Waals surface area contributed by atoms with Crippen LogP contribution in [0.1, 0.15) is 31.2 Å². The summed E-state index contributed by atoms with van der Waals surface area (Å²) in [6.45, 7) is 6.36. The molecule has 0 spiro atoms. The van der Waals surface area contributed by atoms with Crippen LogP contribution < -0.4 is 4.74 Å².